The predicted octanol–water partition coefficient (Wildman–Crippen LogP) is 3.26. The van der Waals surface area contributed by atoms with Crippen LogP contribution in [0.25, 0.3) is 0 Å². The molecule has 2 nitrogen and oxygen atoms in total. The van der Waals surface area contributed by atoms with Crippen LogP contribution in [-0.2, 0) is 0 Å². The van der Waals surface area contributed by atoms with Gasteiger partial charge in [-0.1, -0.05) is 0 Å². The average Bonchev–Trinajstić information content (AvgIpc) is 2.19. The van der Waals surface area contributed by atoms with E-state index in [9.17, 15) is 4.39 Å². The highest BCUT2D eigenvalue weighted by Crippen LogP contribution is 2.23. The lowest BCUT2D eigenvalue weighted by Crippen LogP contribution is -2.16. The van der Waals surface area contributed by atoms with Crippen LogP contribution in [0, 0.1) is 12.7 Å². The van der Waals surface area contributed by atoms with Crippen molar-refractivity contribution in [1.82, 2.24) is 4.90 Å². The molecule has 0 aromatic heterocycles. The third-order valence-corrected chi connectivity index (χ3v) is 2.97. The van der Waals surface area contributed by atoms with Gasteiger partial charge in [-0.2, -0.15) is 0 Å². The number of hydrogen-bond donors (Lipinski definition) is 1. The molecule has 0 spiro atoms. The third kappa shape index (κ3) is 4.10. The van der Waals surface area contributed by atoms with Crippen LogP contribution in [0.1, 0.15) is 12.0 Å². The van der Waals surface area contributed by atoms with E-state index < -0.39 is 0 Å². The first-order valence-corrected chi connectivity index (χ1v) is 6.14. The van der Waals surface area contributed by atoms with Gasteiger partial charge in [0.25, 0.3) is 0 Å². The predicted molar refractivity (Wildman–Crippen MR) is 70.5 cm³/mol. The van der Waals surface area contributed by atoms with Gasteiger partial charge in [-0.15, -0.1) is 0 Å². The van der Waals surface area contributed by atoms with Crippen molar-refractivity contribution < 1.29 is 4.39 Å². The van der Waals surface area contributed by atoms with E-state index in [-0.39, 0.29) is 5.82 Å². The molecule has 90 valence electrons. The van der Waals surface area contributed by atoms with E-state index in [1.807, 2.05) is 21.0 Å². The Morgan fingerprint density at radius 1 is 1.38 bits per heavy atom. The second-order valence-corrected chi connectivity index (χ2v) is 5.02. The van der Waals surface area contributed by atoms with Gasteiger partial charge < -0.3 is 10.2 Å². The van der Waals surface area contributed by atoms with Crippen LogP contribution in [-0.4, -0.2) is 32.1 Å². The Kier molecular flexibility index (Phi) is 5.22. The second kappa shape index (κ2) is 6.21. The highest BCUT2D eigenvalue weighted by atomic mass is 79.9. The molecule has 0 aliphatic rings. The monoisotopic (exact) mass is 288 g/mol. The minimum Gasteiger partial charge on any atom is -0.385 e. The van der Waals surface area contributed by atoms with E-state index in [1.165, 1.54) is 6.07 Å². The van der Waals surface area contributed by atoms with Gasteiger partial charge >= 0.3 is 0 Å². The van der Waals surface area contributed by atoms with Crippen molar-refractivity contribution in [2.45, 2.75) is 13.3 Å². The summed E-state index contributed by atoms with van der Waals surface area (Å²) in [6.07, 6.45) is 1.05. The van der Waals surface area contributed by atoms with Crippen LogP contribution < -0.4 is 5.32 Å². The summed E-state index contributed by atoms with van der Waals surface area (Å²) in [5.74, 6) is -0.222. The van der Waals surface area contributed by atoms with E-state index in [2.05, 4.69) is 26.1 Å². The molecule has 0 radical (unpaired) electrons. The van der Waals surface area contributed by atoms with Crippen molar-refractivity contribution in [2.75, 3.05) is 32.5 Å². The zero-order valence-electron chi connectivity index (χ0n) is 9.98. The average molecular weight is 289 g/mol. The minimum absolute atomic E-state index is 0.222. The molecule has 0 saturated heterocycles. The fourth-order valence-electron chi connectivity index (χ4n) is 1.46. The van der Waals surface area contributed by atoms with Crippen LogP contribution in [0.5, 0.6) is 0 Å². The molecule has 0 fully saturated rings. The second-order valence-electron chi connectivity index (χ2n) is 4.16. The molecule has 1 rings (SSSR count). The maximum atomic E-state index is 13.3. The van der Waals surface area contributed by atoms with E-state index >= 15 is 0 Å². The maximum absolute atomic E-state index is 13.3. The lowest BCUT2D eigenvalue weighted by Gasteiger charge is -2.12. The number of benzene rings is 1. The molecule has 4 heteroatoms. The quantitative estimate of drug-likeness (QED) is 0.837. The van der Waals surface area contributed by atoms with Crippen LogP contribution in [0.15, 0.2) is 16.6 Å². The van der Waals surface area contributed by atoms with E-state index in [4.69, 9.17) is 0 Å². The molecule has 0 aliphatic carbocycles. The normalized spacial score (nSPS) is 10.9. The van der Waals surface area contributed by atoms with Crippen molar-refractivity contribution in [2.24, 2.45) is 0 Å². The lowest BCUT2D eigenvalue weighted by molar-refractivity contribution is 0.405. The largest absolute Gasteiger partial charge is 0.385 e. The minimum atomic E-state index is -0.222. The molecule has 1 aromatic rings. The first kappa shape index (κ1) is 13.5. The SMILES string of the molecule is Cc1cc(Br)c(F)cc1NCCCN(C)C. The molecule has 0 atom stereocenters. The Bertz CT molecular complexity index is 353. The number of rotatable bonds is 5. The van der Waals surface area contributed by atoms with E-state index in [0.29, 0.717) is 4.47 Å². The number of nitrogens with one attached hydrogen (secondary N) is 1. The Morgan fingerprint density at radius 2 is 2.06 bits per heavy atom. The molecule has 0 unspecified atom stereocenters. The van der Waals surface area contributed by atoms with Crippen molar-refractivity contribution >= 4 is 21.6 Å². The van der Waals surface area contributed by atoms with Crippen molar-refractivity contribution in [1.29, 1.82) is 0 Å². The third-order valence-electron chi connectivity index (χ3n) is 2.36. The molecule has 1 N–H and O–H groups in total. The van der Waals surface area contributed by atoms with Crippen LogP contribution in [0.3, 0.4) is 0 Å². The summed E-state index contributed by atoms with van der Waals surface area (Å²) in [4.78, 5) is 2.14. The van der Waals surface area contributed by atoms with Gasteiger partial charge in [0, 0.05) is 12.2 Å². The highest BCUT2D eigenvalue weighted by Gasteiger charge is 2.04. The van der Waals surface area contributed by atoms with Gasteiger partial charge in [0.1, 0.15) is 5.82 Å². The first-order valence-electron chi connectivity index (χ1n) is 5.35. The zero-order valence-corrected chi connectivity index (χ0v) is 11.6. The molecule has 0 bridgehead atoms. The van der Waals surface area contributed by atoms with E-state index in [0.717, 1.165) is 30.8 Å². The number of nitrogens with zero attached hydrogens (tertiary/aromatic N) is 1. The molecule has 0 amide bonds. The summed E-state index contributed by atoms with van der Waals surface area (Å²) in [6.45, 7) is 3.86. The first-order chi connectivity index (χ1) is 7.50. The molecular formula is C12H18BrFN2. The van der Waals surface area contributed by atoms with Crippen molar-refractivity contribution in [3.05, 3.63) is 28.0 Å². The number of anilines is 1. The van der Waals surface area contributed by atoms with Gasteiger partial charge in [0.15, 0.2) is 0 Å². The lowest BCUT2D eigenvalue weighted by atomic mass is 10.2. The Hall–Kier alpha value is -0.610. The van der Waals surface area contributed by atoms with Gasteiger partial charge in [-0.25, -0.2) is 4.39 Å². The molecule has 1 aromatic carbocycles. The van der Waals surface area contributed by atoms with Crippen LogP contribution >= 0.6 is 15.9 Å². The number of aryl methyl sites for hydroxylation is 1. The zero-order chi connectivity index (χ0) is 12.1. The number of hydrogen-bond acceptors (Lipinski definition) is 2. The summed E-state index contributed by atoms with van der Waals surface area (Å²) in [7, 11) is 4.09. The van der Waals surface area contributed by atoms with Gasteiger partial charge in [-0.3, -0.25) is 0 Å². The maximum Gasteiger partial charge on any atom is 0.139 e. The molecule has 0 saturated carbocycles. The highest BCUT2D eigenvalue weighted by molar-refractivity contribution is 9.10. The van der Waals surface area contributed by atoms with Gasteiger partial charge in [0.05, 0.1) is 4.47 Å². The topological polar surface area (TPSA) is 15.3 Å². The molecule has 0 heterocycles. The molecule has 16 heavy (non-hydrogen) atoms. The van der Waals surface area contributed by atoms with Crippen molar-refractivity contribution in [3.8, 4) is 0 Å². The van der Waals surface area contributed by atoms with Gasteiger partial charge in [-0.05, 0) is 67.6 Å². The fourth-order valence-corrected chi connectivity index (χ4v) is 1.91. The van der Waals surface area contributed by atoms with Crippen LogP contribution in [0.2, 0.25) is 0 Å². The summed E-state index contributed by atoms with van der Waals surface area (Å²) >= 11 is 3.17. The summed E-state index contributed by atoms with van der Waals surface area (Å²) in [5, 5.41) is 3.25. The van der Waals surface area contributed by atoms with Gasteiger partial charge in [0.2, 0.25) is 0 Å². The number of halogens is 2. The van der Waals surface area contributed by atoms with Crippen molar-refractivity contribution in [3.63, 3.8) is 0 Å². The summed E-state index contributed by atoms with van der Waals surface area (Å²) < 4.78 is 13.8. The Morgan fingerprint density at radius 3 is 2.69 bits per heavy atom. The standard InChI is InChI=1S/C12H18BrFN2/c1-9-7-10(13)11(14)8-12(9)15-5-4-6-16(2)3/h7-8,15H,4-6H2,1-3H3. The fraction of sp³-hybridized carbons (Fsp3) is 0.500. The molecule has 0 aliphatic heterocycles. The smallest absolute Gasteiger partial charge is 0.139 e. The van der Waals surface area contributed by atoms with Crippen LogP contribution in [0.4, 0.5) is 10.1 Å². The summed E-state index contributed by atoms with van der Waals surface area (Å²) in [6, 6.07) is 3.33. The molecular weight excluding hydrogens is 271 g/mol. The Labute approximate surface area is 105 Å². The summed E-state index contributed by atoms with van der Waals surface area (Å²) in [5.41, 5.74) is 1.93. The Balaban J connectivity index is 2.51. The van der Waals surface area contributed by atoms with E-state index in [1.54, 1.807) is 6.07 Å².